The molecule has 0 aliphatic carbocycles. The first kappa shape index (κ1) is 14.0. The normalized spacial score (nSPS) is 12.7. The number of benzene rings is 1. The first-order valence-corrected chi connectivity index (χ1v) is 7.28. The van der Waals surface area contributed by atoms with Crippen molar-refractivity contribution in [2.75, 3.05) is 0 Å². The second kappa shape index (κ2) is 5.82. The Hall–Kier alpha value is -1.94. The van der Waals surface area contributed by atoms with Crippen LogP contribution in [0.2, 0.25) is 0 Å². The minimum atomic E-state index is -0.210. The van der Waals surface area contributed by atoms with Crippen LogP contribution in [0, 0.1) is 5.82 Å². The van der Waals surface area contributed by atoms with Crippen LogP contribution in [0.4, 0.5) is 4.39 Å². The van der Waals surface area contributed by atoms with Crippen LogP contribution in [-0.4, -0.2) is 14.5 Å². The Morgan fingerprint density at radius 3 is 2.86 bits per heavy atom. The molecule has 0 aliphatic rings. The molecule has 1 unspecified atom stereocenters. The number of hydrogen-bond donors (Lipinski definition) is 0. The van der Waals surface area contributed by atoms with E-state index in [4.69, 9.17) is 11.6 Å². The Balaban J connectivity index is 1.96. The van der Waals surface area contributed by atoms with Crippen LogP contribution >= 0.6 is 11.6 Å². The monoisotopic (exact) mass is 303 g/mol. The van der Waals surface area contributed by atoms with Crippen molar-refractivity contribution >= 4 is 22.6 Å². The second-order valence-electron chi connectivity index (χ2n) is 4.94. The maximum Gasteiger partial charge on any atom is 0.127 e. The molecule has 0 amide bonds. The summed E-state index contributed by atoms with van der Waals surface area (Å²) in [5.41, 5.74) is 2.49. The van der Waals surface area contributed by atoms with Gasteiger partial charge in [0.15, 0.2) is 0 Å². The second-order valence-corrected chi connectivity index (χ2v) is 5.60. The maximum atomic E-state index is 13.7. The molecule has 0 fully saturated rings. The first-order valence-electron chi connectivity index (χ1n) is 6.84. The molecule has 0 saturated heterocycles. The molecule has 3 aromatic rings. The fourth-order valence-corrected chi connectivity index (χ4v) is 2.64. The van der Waals surface area contributed by atoms with E-state index in [0.717, 1.165) is 16.9 Å². The molecule has 1 atom stereocenters. The molecule has 0 bridgehead atoms. The number of halogens is 2. The standard InChI is InChI=1S/C16H15ClFN3/c1-11(17)16-20-14-10-19-8-6-15(14)21(16)9-7-12-4-2-3-5-13(12)18/h2-6,8,10-11H,7,9H2,1H3. The number of hydrogen-bond acceptors (Lipinski definition) is 2. The number of imidazole rings is 1. The number of fused-ring (bicyclic) bond motifs is 1. The van der Waals surface area contributed by atoms with E-state index < -0.39 is 0 Å². The molecule has 0 aliphatic heterocycles. The lowest BCUT2D eigenvalue weighted by molar-refractivity contribution is 0.590. The summed E-state index contributed by atoms with van der Waals surface area (Å²) in [7, 11) is 0. The van der Waals surface area contributed by atoms with E-state index in [1.807, 2.05) is 23.6 Å². The molecule has 0 radical (unpaired) electrons. The van der Waals surface area contributed by atoms with E-state index in [1.54, 1.807) is 24.5 Å². The van der Waals surface area contributed by atoms with E-state index in [1.165, 1.54) is 6.07 Å². The topological polar surface area (TPSA) is 30.7 Å². The van der Waals surface area contributed by atoms with Gasteiger partial charge in [-0.2, -0.15) is 0 Å². The van der Waals surface area contributed by atoms with Gasteiger partial charge < -0.3 is 4.57 Å². The third-order valence-corrected chi connectivity index (χ3v) is 3.69. The molecule has 0 saturated carbocycles. The summed E-state index contributed by atoms with van der Waals surface area (Å²) in [5.74, 6) is 0.611. The minimum Gasteiger partial charge on any atom is -0.326 e. The lowest BCUT2D eigenvalue weighted by Crippen LogP contribution is -2.07. The quantitative estimate of drug-likeness (QED) is 0.679. The van der Waals surface area contributed by atoms with Crippen molar-refractivity contribution in [3.05, 3.63) is 59.9 Å². The summed E-state index contributed by atoms with van der Waals surface area (Å²) < 4.78 is 15.8. The number of aryl methyl sites for hydroxylation is 2. The molecule has 5 heteroatoms. The summed E-state index contributed by atoms with van der Waals surface area (Å²) >= 11 is 6.21. The van der Waals surface area contributed by atoms with Gasteiger partial charge in [-0.1, -0.05) is 18.2 Å². The Labute approximate surface area is 127 Å². The van der Waals surface area contributed by atoms with Gasteiger partial charge in [-0.15, -0.1) is 11.6 Å². The molecule has 3 rings (SSSR count). The Kier molecular flexibility index (Phi) is 3.88. The zero-order chi connectivity index (χ0) is 14.8. The average molecular weight is 304 g/mol. The minimum absolute atomic E-state index is 0.177. The molecule has 1 aromatic carbocycles. The van der Waals surface area contributed by atoms with Crippen LogP contribution < -0.4 is 0 Å². The van der Waals surface area contributed by atoms with E-state index in [9.17, 15) is 4.39 Å². The van der Waals surface area contributed by atoms with Crippen LogP contribution in [0.5, 0.6) is 0 Å². The van der Waals surface area contributed by atoms with Gasteiger partial charge in [0.1, 0.15) is 17.2 Å². The van der Waals surface area contributed by atoms with Crippen molar-refractivity contribution in [2.45, 2.75) is 25.3 Å². The van der Waals surface area contributed by atoms with Crippen molar-refractivity contribution < 1.29 is 4.39 Å². The van der Waals surface area contributed by atoms with E-state index >= 15 is 0 Å². The van der Waals surface area contributed by atoms with E-state index in [2.05, 4.69) is 9.97 Å². The summed E-state index contributed by atoms with van der Waals surface area (Å²) in [5, 5.41) is -0.210. The molecule has 3 nitrogen and oxygen atoms in total. The van der Waals surface area contributed by atoms with Crippen molar-refractivity contribution in [2.24, 2.45) is 0 Å². The van der Waals surface area contributed by atoms with Crippen LogP contribution in [0.3, 0.4) is 0 Å². The smallest absolute Gasteiger partial charge is 0.127 e. The van der Waals surface area contributed by atoms with Crippen molar-refractivity contribution in [3.8, 4) is 0 Å². The summed E-state index contributed by atoms with van der Waals surface area (Å²) in [6.45, 7) is 2.52. The van der Waals surface area contributed by atoms with Gasteiger partial charge in [-0.25, -0.2) is 9.37 Å². The van der Waals surface area contributed by atoms with Gasteiger partial charge in [0.2, 0.25) is 0 Å². The van der Waals surface area contributed by atoms with Crippen LogP contribution in [-0.2, 0) is 13.0 Å². The zero-order valence-corrected chi connectivity index (χ0v) is 12.4. The Morgan fingerprint density at radius 2 is 2.10 bits per heavy atom. The molecule has 2 aromatic heterocycles. The number of rotatable bonds is 4. The number of alkyl halides is 1. The third-order valence-electron chi connectivity index (χ3n) is 3.50. The highest BCUT2D eigenvalue weighted by Crippen LogP contribution is 2.24. The highest BCUT2D eigenvalue weighted by molar-refractivity contribution is 6.20. The van der Waals surface area contributed by atoms with Crippen molar-refractivity contribution in [1.29, 1.82) is 0 Å². The lowest BCUT2D eigenvalue weighted by atomic mass is 10.1. The Morgan fingerprint density at radius 1 is 1.29 bits per heavy atom. The van der Waals surface area contributed by atoms with Gasteiger partial charge >= 0.3 is 0 Å². The van der Waals surface area contributed by atoms with E-state index in [0.29, 0.717) is 18.5 Å². The zero-order valence-electron chi connectivity index (χ0n) is 11.6. The predicted molar refractivity (Wildman–Crippen MR) is 81.9 cm³/mol. The molecular formula is C16H15ClFN3. The van der Waals surface area contributed by atoms with Gasteiger partial charge in [-0.05, 0) is 31.0 Å². The highest BCUT2D eigenvalue weighted by Gasteiger charge is 2.15. The fourth-order valence-electron chi connectivity index (χ4n) is 2.47. The van der Waals surface area contributed by atoms with Crippen LogP contribution in [0.1, 0.15) is 23.7 Å². The SMILES string of the molecule is CC(Cl)c1nc2cnccc2n1CCc1ccccc1F. The van der Waals surface area contributed by atoms with Crippen LogP contribution in [0.25, 0.3) is 11.0 Å². The molecule has 21 heavy (non-hydrogen) atoms. The lowest BCUT2D eigenvalue weighted by Gasteiger charge is -2.11. The molecule has 108 valence electrons. The number of aromatic nitrogens is 3. The van der Waals surface area contributed by atoms with Gasteiger partial charge in [-0.3, -0.25) is 4.98 Å². The van der Waals surface area contributed by atoms with Gasteiger partial charge in [0, 0.05) is 12.7 Å². The van der Waals surface area contributed by atoms with E-state index in [-0.39, 0.29) is 11.2 Å². The van der Waals surface area contributed by atoms with Crippen molar-refractivity contribution in [3.63, 3.8) is 0 Å². The Bertz CT molecular complexity index is 767. The van der Waals surface area contributed by atoms with Gasteiger partial charge in [0.05, 0.1) is 17.1 Å². The summed E-state index contributed by atoms with van der Waals surface area (Å²) in [6.07, 6.45) is 4.04. The summed E-state index contributed by atoms with van der Waals surface area (Å²) in [4.78, 5) is 8.60. The molecular weight excluding hydrogens is 289 g/mol. The summed E-state index contributed by atoms with van der Waals surface area (Å²) in [6, 6.07) is 8.74. The molecule has 0 N–H and O–H groups in total. The van der Waals surface area contributed by atoms with Crippen LogP contribution in [0.15, 0.2) is 42.7 Å². The predicted octanol–water partition coefficient (Wildman–Crippen LogP) is 4.11. The molecule has 2 heterocycles. The average Bonchev–Trinajstić information content (AvgIpc) is 2.85. The fraction of sp³-hybridized carbons (Fsp3) is 0.250. The first-order chi connectivity index (χ1) is 10.2. The largest absolute Gasteiger partial charge is 0.326 e. The highest BCUT2D eigenvalue weighted by atomic mass is 35.5. The molecule has 0 spiro atoms. The third kappa shape index (κ3) is 2.76. The van der Waals surface area contributed by atoms with Crippen molar-refractivity contribution in [1.82, 2.24) is 14.5 Å². The van der Waals surface area contributed by atoms with Gasteiger partial charge in [0.25, 0.3) is 0 Å². The number of pyridine rings is 1. The number of nitrogens with zero attached hydrogens (tertiary/aromatic N) is 3. The maximum absolute atomic E-state index is 13.7.